The van der Waals surface area contributed by atoms with Crippen LogP contribution in [0, 0.1) is 6.92 Å². The number of carbonyl (C=O) groups is 2. The van der Waals surface area contributed by atoms with Gasteiger partial charge in [-0.3, -0.25) is 13.9 Å². The number of carbonyl (C=O) groups excluding carboxylic acids is 2. The Hall–Kier alpha value is -3.47. The first-order valence-corrected chi connectivity index (χ1v) is 17.0. The number of benzene rings is 3. The van der Waals surface area contributed by atoms with E-state index < -0.39 is 28.5 Å². The van der Waals surface area contributed by atoms with Gasteiger partial charge in [0.25, 0.3) is 10.0 Å². The van der Waals surface area contributed by atoms with Gasteiger partial charge in [-0.15, -0.1) is 0 Å². The van der Waals surface area contributed by atoms with Gasteiger partial charge in [-0.2, -0.15) is 0 Å². The Morgan fingerprint density at radius 3 is 2.20 bits per heavy atom. The Kier molecular flexibility index (Phi) is 11.6. The second-order valence-corrected chi connectivity index (χ2v) is 13.7. The van der Waals surface area contributed by atoms with Gasteiger partial charge in [0.05, 0.1) is 34.8 Å². The Balaban J connectivity index is 1.75. The molecule has 0 bridgehead atoms. The summed E-state index contributed by atoms with van der Waals surface area (Å²) in [5.41, 5.74) is 1.86. The maximum Gasteiger partial charge on any atom is 0.264 e. The van der Waals surface area contributed by atoms with Gasteiger partial charge in [-0.05, 0) is 68.1 Å². The van der Waals surface area contributed by atoms with Crippen molar-refractivity contribution in [3.63, 3.8) is 0 Å². The molecule has 4 rings (SSSR count). The van der Waals surface area contributed by atoms with Crippen LogP contribution in [0.4, 0.5) is 5.69 Å². The molecule has 3 aromatic rings. The maximum atomic E-state index is 14.3. The number of sulfonamides is 1. The molecule has 9 nitrogen and oxygen atoms in total. The van der Waals surface area contributed by atoms with Crippen LogP contribution in [0.5, 0.6) is 11.5 Å². The Morgan fingerprint density at radius 2 is 1.60 bits per heavy atom. The van der Waals surface area contributed by atoms with Crippen molar-refractivity contribution in [3.8, 4) is 11.5 Å². The molecule has 1 N–H and O–H groups in total. The first kappa shape index (κ1) is 34.4. The van der Waals surface area contributed by atoms with Crippen LogP contribution in [0.15, 0.2) is 65.6 Å². The number of nitrogens with one attached hydrogen (secondary N) is 1. The summed E-state index contributed by atoms with van der Waals surface area (Å²) < 4.78 is 40.2. The molecular weight excluding hydrogens is 637 g/mol. The van der Waals surface area contributed by atoms with Crippen LogP contribution >= 0.6 is 23.2 Å². The number of nitrogens with zero attached hydrogens (tertiary/aromatic N) is 2. The number of anilines is 1. The van der Waals surface area contributed by atoms with E-state index in [1.165, 1.54) is 37.3 Å². The van der Waals surface area contributed by atoms with Crippen LogP contribution in [0.2, 0.25) is 10.0 Å². The van der Waals surface area contributed by atoms with Crippen molar-refractivity contribution >= 4 is 50.7 Å². The SMILES string of the molecule is CCC(C(=O)NC1CCCC1)N(Cc1ccc(Cl)c(Cl)c1)C(=O)CN(c1ccc(C)cc1)S(=O)(=O)c1ccc(OC)c(OC)c1. The van der Waals surface area contributed by atoms with Crippen molar-refractivity contribution in [3.05, 3.63) is 81.8 Å². The summed E-state index contributed by atoms with van der Waals surface area (Å²) in [4.78, 5) is 29.3. The number of halogens is 2. The van der Waals surface area contributed by atoms with Gasteiger partial charge in [-0.1, -0.05) is 66.7 Å². The summed E-state index contributed by atoms with van der Waals surface area (Å²) in [5, 5.41) is 3.77. The zero-order valence-electron chi connectivity index (χ0n) is 25.9. The summed E-state index contributed by atoms with van der Waals surface area (Å²) in [6.45, 7) is 3.17. The number of aryl methyl sites for hydroxylation is 1. The van der Waals surface area contributed by atoms with Crippen LogP contribution in [0.3, 0.4) is 0 Å². The average Bonchev–Trinajstić information content (AvgIpc) is 3.54. The Labute approximate surface area is 275 Å². The molecular formula is C33H39Cl2N3O6S. The largest absolute Gasteiger partial charge is 0.493 e. The van der Waals surface area contributed by atoms with Crippen molar-refractivity contribution < 1.29 is 27.5 Å². The molecule has 1 saturated carbocycles. The number of methoxy groups -OCH3 is 2. The highest BCUT2D eigenvalue weighted by atomic mass is 35.5. The third kappa shape index (κ3) is 8.23. The van der Waals surface area contributed by atoms with E-state index in [1.807, 2.05) is 13.8 Å². The topological polar surface area (TPSA) is 105 Å². The molecule has 0 heterocycles. The molecule has 242 valence electrons. The van der Waals surface area contributed by atoms with Crippen LogP contribution in [-0.2, 0) is 26.2 Å². The lowest BCUT2D eigenvalue weighted by Crippen LogP contribution is -2.53. The number of amides is 2. The van der Waals surface area contributed by atoms with Crippen LogP contribution in [0.1, 0.15) is 50.2 Å². The third-order valence-corrected chi connectivity index (χ3v) is 10.5. The van der Waals surface area contributed by atoms with E-state index in [1.54, 1.807) is 42.5 Å². The van der Waals surface area contributed by atoms with E-state index in [2.05, 4.69) is 5.32 Å². The highest BCUT2D eigenvalue weighted by molar-refractivity contribution is 7.92. The molecule has 45 heavy (non-hydrogen) atoms. The van der Waals surface area contributed by atoms with E-state index in [0.717, 1.165) is 35.6 Å². The number of hydrogen-bond acceptors (Lipinski definition) is 6. The molecule has 0 aliphatic heterocycles. The van der Waals surface area contributed by atoms with Gasteiger partial charge in [0.2, 0.25) is 11.8 Å². The highest BCUT2D eigenvalue weighted by Gasteiger charge is 2.35. The summed E-state index contributed by atoms with van der Waals surface area (Å²) >= 11 is 12.4. The fraction of sp³-hybridized carbons (Fsp3) is 0.394. The molecule has 3 aromatic carbocycles. The summed E-state index contributed by atoms with van der Waals surface area (Å²) in [5.74, 6) is -0.243. The predicted octanol–water partition coefficient (Wildman–Crippen LogP) is 6.38. The van der Waals surface area contributed by atoms with Crippen LogP contribution in [-0.4, -0.2) is 58.0 Å². The van der Waals surface area contributed by atoms with E-state index in [9.17, 15) is 18.0 Å². The third-order valence-electron chi connectivity index (χ3n) is 7.97. The molecule has 0 radical (unpaired) electrons. The number of hydrogen-bond donors (Lipinski definition) is 1. The molecule has 1 aliphatic rings. The molecule has 1 atom stereocenters. The molecule has 1 unspecified atom stereocenters. The Morgan fingerprint density at radius 1 is 0.933 bits per heavy atom. The summed E-state index contributed by atoms with van der Waals surface area (Å²) in [6.07, 6.45) is 4.15. The molecule has 0 saturated heterocycles. The van der Waals surface area contributed by atoms with Gasteiger partial charge in [-0.25, -0.2) is 8.42 Å². The lowest BCUT2D eigenvalue weighted by Gasteiger charge is -2.34. The highest BCUT2D eigenvalue weighted by Crippen LogP contribution is 2.33. The monoisotopic (exact) mass is 675 g/mol. The molecule has 1 fully saturated rings. The fourth-order valence-corrected chi connectivity index (χ4v) is 7.22. The second-order valence-electron chi connectivity index (χ2n) is 11.0. The van der Waals surface area contributed by atoms with Gasteiger partial charge in [0.15, 0.2) is 11.5 Å². The summed E-state index contributed by atoms with van der Waals surface area (Å²) in [7, 11) is -1.43. The molecule has 0 spiro atoms. The van der Waals surface area contributed by atoms with E-state index in [-0.39, 0.29) is 29.1 Å². The van der Waals surface area contributed by atoms with E-state index in [0.29, 0.717) is 33.5 Å². The Bertz CT molecular complexity index is 1610. The smallest absolute Gasteiger partial charge is 0.264 e. The molecule has 1 aliphatic carbocycles. The summed E-state index contributed by atoms with van der Waals surface area (Å²) in [6, 6.07) is 15.3. The van der Waals surface area contributed by atoms with Crippen LogP contribution < -0.4 is 19.1 Å². The van der Waals surface area contributed by atoms with Crippen molar-refractivity contribution in [1.29, 1.82) is 0 Å². The number of ether oxygens (including phenoxy) is 2. The zero-order chi connectivity index (χ0) is 32.7. The number of rotatable bonds is 13. The van der Waals surface area contributed by atoms with Crippen molar-refractivity contribution in [2.24, 2.45) is 0 Å². The van der Waals surface area contributed by atoms with E-state index in [4.69, 9.17) is 32.7 Å². The van der Waals surface area contributed by atoms with Crippen molar-refractivity contribution in [1.82, 2.24) is 10.2 Å². The maximum absolute atomic E-state index is 14.3. The lowest BCUT2D eigenvalue weighted by molar-refractivity contribution is -0.140. The van der Waals surface area contributed by atoms with E-state index >= 15 is 0 Å². The lowest BCUT2D eigenvalue weighted by atomic mass is 10.1. The second kappa shape index (κ2) is 15.2. The van der Waals surface area contributed by atoms with Gasteiger partial charge < -0.3 is 19.7 Å². The quantitative estimate of drug-likeness (QED) is 0.225. The minimum absolute atomic E-state index is 0.0183. The standard InChI is InChI=1S/C33H39Cl2N3O6S/c1-5-29(33(40)36-24-8-6-7-9-24)37(20-23-12-16-27(34)28(35)18-23)32(39)21-38(25-13-10-22(2)11-14-25)45(41,42)26-15-17-30(43-3)31(19-26)44-4/h10-19,24,29H,5-9,20-21H2,1-4H3,(H,36,40). The van der Waals surface area contributed by atoms with Crippen LogP contribution in [0.25, 0.3) is 0 Å². The van der Waals surface area contributed by atoms with Gasteiger partial charge >= 0.3 is 0 Å². The molecule has 12 heteroatoms. The molecule has 0 aromatic heterocycles. The minimum Gasteiger partial charge on any atom is -0.493 e. The van der Waals surface area contributed by atoms with Gasteiger partial charge in [0.1, 0.15) is 12.6 Å². The minimum atomic E-state index is -4.30. The first-order chi connectivity index (χ1) is 21.5. The first-order valence-electron chi connectivity index (χ1n) is 14.8. The van der Waals surface area contributed by atoms with Crippen molar-refractivity contribution in [2.45, 2.75) is 69.5 Å². The molecule has 2 amide bonds. The van der Waals surface area contributed by atoms with Gasteiger partial charge in [0, 0.05) is 18.7 Å². The predicted molar refractivity (Wildman–Crippen MR) is 177 cm³/mol. The zero-order valence-corrected chi connectivity index (χ0v) is 28.2. The average molecular weight is 677 g/mol. The fourth-order valence-electron chi connectivity index (χ4n) is 5.47. The normalized spacial score (nSPS) is 14.1. The van der Waals surface area contributed by atoms with Crippen molar-refractivity contribution in [2.75, 3.05) is 25.1 Å².